The van der Waals surface area contributed by atoms with Crippen molar-refractivity contribution < 1.29 is 52.8 Å². The van der Waals surface area contributed by atoms with Crippen LogP contribution < -0.4 is 0 Å². The number of rotatable bonds is 5. The molecule has 3 aliphatic carbocycles. The lowest BCUT2D eigenvalue weighted by molar-refractivity contribution is -0.230. The van der Waals surface area contributed by atoms with Crippen LogP contribution in [0.1, 0.15) is 75.2 Å². The van der Waals surface area contributed by atoms with Gasteiger partial charge in [0.15, 0.2) is 12.2 Å². The van der Waals surface area contributed by atoms with Crippen LogP contribution in [0, 0.1) is 22.7 Å². The molecule has 11 nitrogen and oxygen atoms in total. The molecule has 228 valence electrons. The highest BCUT2D eigenvalue weighted by Gasteiger charge is 2.68. The molecule has 0 aromatic rings. The molecule has 2 saturated carbocycles. The number of aliphatic hydroxyl groups excluding tert-OH is 1. The second kappa shape index (κ2) is 11.6. The molecular formula is C30H42O11. The molecule has 11 heteroatoms. The largest absolute Gasteiger partial charge is 0.462 e. The molecule has 2 bridgehead atoms. The molecule has 0 aliphatic heterocycles. The fourth-order valence-corrected chi connectivity index (χ4v) is 7.65. The zero-order chi connectivity index (χ0) is 31.2. The van der Waals surface area contributed by atoms with Gasteiger partial charge in [0.2, 0.25) is 0 Å². The second-order valence-corrected chi connectivity index (χ2v) is 12.2. The second-order valence-electron chi connectivity index (χ2n) is 12.2. The number of carbonyl (C=O) groups is 5. The van der Waals surface area contributed by atoms with Crippen LogP contribution in [-0.4, -0.2) is 71.6 Å². The van der Waals surface area contributed by atoms with E-state index in [0.717, 1.165) is 5.57 Å². The molecule has 0 aromatic carbocycles. The zero-order valence-corrected chi connectivity index (χ0v) is 25.3. The smallest absolute Gasteiger partial charge is 0.303 e. The van der Waals surface area contributed by atoms with Crippen molar-refractivity contribution in [2.45, 2.75) is 112 Å². The maximum atomic E-state index is 12.7. The van der Waals surface area contributed by atoms with E-state index in [1.807, 2.05) is 20.8 Å². The number of ether oxygens (including phenoxy) is 5. The van der Waals surface area contributed by atoms with Crippen molar-refractivity contribution in [1.82, 2.24) is 0 Å². The molecule has 41 heavy (non-hydrogen) atoms. The quantitative estimate of drug-likeness (QED) is 0.291. The molecule has 1 N–H and O–H groups in total. The average Bonchev–Trinajstić information content (AvgIpc) is 2.77. The third-order valence-electron chi connectivity index (χ3n) is 8.90. The highest BCUT2D eigenvalue weighted by atomic mass is 16.6. The molecule has 0 saturated heterocycles. The summed E-state index contributed by atoms with van der Waals surface area (Å²) in [6, 6.07) is 0. The van der Waals surface area contributed by atoms with Gasteiger partial charge in [0, 0.05) is 64.7 Å². The van der Waals surface area contributed by atoms with Crippen molar-refractivity contribution >= 4 is 29.8 Å². The van der Waals surface area contributed by atoms with Crippen LogP contribution in [0.3, 0.4) is 0 Å². The predicted molar refractivity (Wildman–Crippen MR) is 144 cm³/mol. The molecule has 3 aliphatic rings. The Bertz CT molecular complexity index is 1170. The highest BCUT2D eigenvalue weighted by molar-refractivity contribution is 5.69. The van der Waals surface area contributed by atoms with Crippen LogP contribution in [0.2, 0.25) is 0 Å². The molecule has 2 fully saturated rings. The third-order valence-corrected chi connectivity index (χ3v) is 8.90. The van der Waals surface area contributed by atoms with Crippen molar-refractivity contribution in [3.8, 4) is 0 Å². The van der Waals surface area contributed by atoms with Crippen molar-refractivity contribution in [3.05, 3.63) is 23.3 Å². The minimum absolute atomic E-state index is 0.0950. The third kappa shape index (κ3) is 5.91. The van der Waals surface area contributed by atoms with E-state index >= 15 is 0 Å². The van der Waals surface area contributed by atoms with E-state index in [9.17, 15) is 29.1 Å². The number of aliphatic hydroxyl groups is 1. The molecule has 0 spiro atoms. The van der Waals surface area contributed by atoms with Crippen LogP contribution in [0.5, 0.6) is 0 Å². The normalized spacial score (nSPS) is 36.1. The molecule has 0 unspecified atom stereocenters. The van der Waals surface area contributed by atoms with Crippen LogP contribution in [0.25, 0.3) is 0 Å². The van der Waals surface area contributed by atoms with Gasteiger partial charge in [0.25, 0.3) is 0 Å². The predicted octanol–water partition coefficient (Wildman–Crippen LogP) is 2.96. The highest BCUT2D eigenvalue weighted by Crippen LogP contribution is 2.61. The summed E-state index contributed by atoms with van der Waals surface area (Å²) in [5.41, 5.74) is -0.763. The average molecular weight is 579 g/mol. The zero-order valence-electron chi connectivity index (χ0n) is 25.3. The Morgan fingerprint density at radius 1 is 0.805 bits per heavy atom. The van der Waals surface area contributed by atoms with E-state index in [0.29, 0.717) is 11.1 Å². The number of hydrogen-bond acceptors (Lipinski definition) is 11. The Morgan fingerprint density at radius 2 is 1.32 bits per heavy atom. The summed E-state index contributed by atoms with van der Waals surface area (Å²) in [7, 11) is 0. The lowest BCUT2D eigenvalue weighted by atomic mass is 9.48. The summed E-state index contributed by atoms with van der Waals surface area (Å²) < 4.78 is 29.3. The van der Waals surface area contributed by atoms with Gasteiger partial charge < -0.3 is 28.8 Å². The standard InChI is InChI=1S/C30H42O11/c1-13-11-21(38-16(4)32)25-26(39-17(5)33)24-14(2)20(37-15(3)31)12-22(36)30(24,10)28(41-19(7)35)27(40-18(6)34)23(13)29(25,8)9/h20-22,24-28,36H,2,11-12H2,1,3-10H3/t20-,21-,22-,24-,25-,26-,27+,28-,30+/m0/s1. The van der Waals surface area contributed by atoms with Crippen molar-refractivity contribution in [1.29, 1.82) is 0 Å². The maximum absolute atomic E-state index is 12.7. The monoisotopic (exact) mass is 578 g/mol. The molecule has 0 amide bonds. The van der Waals surface area contributed by atoms with Gasteiger partial charge in [-0.3, -0.25) is 24.0 Å². The molecule has 0 aromatic heterocycles. The van der Waals surface area contributed by atoms with E-state index in [1.165, 1.54) is 34.6 Å². The fraction of sp³-hybridized carbons (Fsp3) is 0.700. The molecule has 0 heterocycles. The number of esters is 5. The van der Waals surface area contributed by atoms with E-state index < -0.39 is 89.1 Å². The van der Waals surface area contributed by atoms with Crippen LogP contribution in [0.4, 0.5) is 0 Å². The summed E-state index contributed by atoms with van der Waals surface area (Å²) in [6.07, 6.45) is -6.41. The Hall–Kier alpha value is -3.21. The maximum Gasteiger partial charge on any atom is 0.303 e. The minimum atomic E-state index is -1.47. The summed E-state index contributed by atoms with van der Waals surface area (Å²) in [5.74, 6) is -4.82. The summed E-state index contributed by atoms with van der Waals surface area (Å²) >= 11 is 0. The Kier molecular flexibility index (Phi) is 9.13. The molecule has 3 rings (SSSR count). The van der Waals surface area contributed by atoms with E-state index in [2.05, 4.69) is 6.58 Å². The first kappa shape index (κ1) is 32.3. The molecule has 0 radical (unpaired) electrons. The first-order chi connectivity index (χ1) is 18.8. The van der Waals surface area contributed by atoms with E-state index in [1.54, 1.807) is 6.92 Å². The van der Waals surface area contributed by atoms with Gasteiger partial charge in [-0.15, -0.1) is 0 Å². The Morgan fingerprint density at radius 3 is 1.80 bits per heavy atom. The first-order valence-corrected chi connectivity index (χ1v) is 13.8. The Labute approximate surface area is 240 Å². The van der Waals surface area contributed by atoms with Crippen LogP contribution in [-0.2, 0) is 47.7 Å². The lowest BCUT2D eigenvalue weighted by Gasteiger charge is -2.61. The SMILES string of the molecule is C=C1[C@@H](OC(C)=O)C[C@H](O)[C@@]2(C)[C@@H](OC(C)=O)[C@H](OC(C)=O)C3=C(C)C[C@H](OC(C)=O)[C@@H]([C@@H](OC(C)=O)[C@H]12)C3(C)C. The van der Waals surface area contributed by atoms with Gasteiger partial charge in [-0.25, -0.2) is 0 Å². The molecular weight excluding hydrogens is 536 g/mol. The molecule has 9 atom stereocenters. The fourth-order valence-electron chi connectivity index (χ4n) is 7.65. The number of hydrogen-bond donors (Lipinski definition) is 1. The Balaban J connectivity index is 2.48. The summed E-state index contributed by atoms with van der Waals surface area (Å²) in [5, 5.41) is 11.8. The van der Waals surface area contributed by atoms with Crippen molar-refractivity contribution in [3.63, 3.8) is 0 Å². The summed E-state index contributed by atoms with van der Waals surface area (Å²) in [6.45, 7) is 17.7. The van der Waals surface area contributed by atoms with Gasteiger partial charge in [-0.05, 0) is 23.5 Å². The van der Waals surface area contributed by atoms with Gasteiger partial charge in [0.1, 0.15) is 18.3 Å². The van der Waals surface area contributed by atoms with E-state index in [-0.39, 0.29) is 12.8 Å². The van der Waals surface area contributed by atoms with Gasteiger partial charge >= 0.3 is 29.8 Å². The topological polar surface area (TPSA) is 152 Å². The van der Waals surface area contributed by atoms with Crippen molar-refractivity contribution in [2.24, 2.45) is 22.7 Å². The number of fused-ring (bicyclic) bond motifs is 3. The van der Waals surface area contributed by atoms with Crippen LogP contribution >= 0.6 is 0 Å². The van der Waals surface area contributed by atoms with Crippen LogP contribution in [0.15, 0.2) is 23.3 Å². The van der Waals surface area contributed by atoms with Gasteiger partial charge in [-0.1, -0.05) is 32.9 Å². The van der Waals surface area contributed by atoms with E-state index in [4.69, 9.17) is 23.7 Å². The van der Waals surface area contributed by atoms with Gasteiger partial charge in [0.05, 0.1) is 6.10 Å². The first-order valence-electron chi connectivity index (χ1n) is 13.8. The number of carbonyl (C=O) groups excluding carboxylic acids is 5. The lowest BCUT2D eigenvalue weighted by Crippen LogP contribution is -2.68. The van der Waals surface area contributed by atoms with Crippen molar-refractivity contribution in [2.75, 3.05) is 0 Å². The summed E-state index contributed by atoms with van der Waals surface area (Å²) in [4.78, 5) is 62.2. The van der Waals surface area contributed by atoms with Gasteiger partial charge in [-0.2, -0.15) is 0 Å². The minimum Gasteiger partial charge on any atom is -0.462 e.